The predicted molar refractivity (Wildman–Crippen MR) is 89.6 cm³/mol. The van der Waals surface area contributed by atoms with Gasteiger partial charge >= 0.3 is 0 Å². The molecule has 6 heteroatoms. The molecule has 0 spiro atoms. The molecule has 126 valence electrons. The van der Waals surface area contributed by atoms with Gasteiger partial charge in [-0.05, 0) is 36.5 Å². The number of hydrogen-bond acceptors (Lipinski definition) is 4. The van der Waals surface area contributed by atoms with Crippen molar-refractivity contribution in [3.05, 3.63) is 58.0 Å². The molecule has 1 aromatic carbocycles. The number of rotatable bonds is 3. The minimum absolute atomic E-state index is 0.177. The Morgan fingerprint density at radius 1 is 1.29 bits per heavy atom. The second-order valence-corrected chi connectivity index (χ2v) is 5.94. The number of piperidine rings is 1. The highest BCUT2D eigenvalue weighted by Gasteiger charge is 2.25. The lowest BCUT2D eigenvalue weighted by Crippen LogP contribution is -2.38. The molecule has 1 aliphatic rings. The predicted octanol–water partition coefficient (Wildman–Crippen LogP) is 2.11. The Labute approximate surface area is 139 Å². The van der Waals surface area contributed by atoms with Crippen molar-refractivity contribution in [3.63, 3.8) is 0 Å². The summed E-state index contributed by atoms with van der Waals surface area (Å²) in [6.07, 6.45) is 3.07. The van der Waals surface area contributed by atoms with E-state index in [1.165, 1.54) is 19.4 Å². The summed E-state index contributed by atoms with van der Waals surface area (Å²) in [4.78, 5) is 28.9. The second-order valence-electron chi connectivity index (χ2n) is 5.94. The third kappa shape index (κ3) is 3.27. The highest BCUT2D eigenvalue weighted by atomic mass is 16.5. The van der Waals surface area contributed by atoms with Gasteiger partial charge in [-0.1, -0.05) is 12.1 Å². The maximum Gasteiger partial charge on any atom is 0.270 e. The van der Waals surface area contributed by atoms with Gasteiger partial charge in [0.05, 0.1) is 7.11 Å². The number of amides is 1. The number of phenols is 1. The first-order chi connectivity index (χ1) is 11.6. The maximum atomic E-state index is 12.5. The van der Waals surface area contributed by atoms with Crippen LogP contribution in [0.1, 0.15) is 34.8 Å². The van der Waals surface area contributed by atoms with E-state index in [-0.39, 0.29) is 28.5 Å². The zero-order valence-electron chi connectivity index (χ0n) is 13.5. The summed E-state index contributed by atoms with van der Waals surface area (Å²) in [5.74, 6) is 0.608. The lowest BCUT2D eigenvalue weighted by Gasteiger charge is -2.32. The Morgan fingerprint density at radius 3 is 2.67 bits per heavy atom. The van der Waals surface area contributed by atoms with Crippen LogP contribution < -0.4 is 10.2 Å². The molecule has 1 amide bonds. The van der Waals surface area contributed by atoms with Crippen molar-refractivity contribution in [2.45, 2.75) is 18.8 Å². The smallest absolute Gasteiger partial charge is 0.270 e. The highest BCUT2D eigenvalue weighted by Crippen LogP contribution is 2.30. The zero-order chi connectivity index (χ0) is 17.1. The molecule has 0 atom stereocenters. The van der Waals surface area contributed by atoms with Crippen molar-refractivity contribution in [3.8, 4) is 11.5 Å². The van der Waals surface area contributed by atoms with E-state index in [2.05, 4.69) is 4.98 Å². The largest absolute Gasteiger partial charge is 0.508 e. The van der Waals surface area contributed by atoms with Crippen LogP contribution in [0.3, 0.4) is 0 Å². The van der Waals surface area contributed by atoms with Gasteiger partial charge in [-0.15, -0.1) is 0 Å². The summed E-state index contributed by atoms with van der Waals surface area (Å²) >= 11 is 0. The van der Waals surface area contributed by atoms with Gasteiger partial charge in [-0.3, -0.25) is 9.59 Å². The SMILES string of the molecule is COc1c[nH]c(C(=O)N2CCC(c3cccc(O)c3)CC2)cc1=O. The third-order valence-electron chi connectivity index (χ3n) is 4.45. The minimum Gasteiger partial charge on any atom is -0.508 e. The average Bonchev–Trinajstić information content (AvgIpc) is 2.61. The van der Waals surface area contributed by atoms with Gasteiger partial charge in [-0.2, -0.15) is 0 Å². The summed E-state index contributed by atoms with van der Waals surface area (Å²) in [6, 6.07) is 8.56. The fourth-order valence-corrected chi connectivity index (χ4v) is 3.11. The van der Waals surface area contributed by atoms with E-state index in [0.29, 0.717) is 19.0 Å². The van der Waals surface area contributed by atoms with E-state index in [1.807, 2.05) is 12.1 Å². The number of pyridine rings is 1. The number of aromatic hydroxyl groups is 1. The Morgan fingerprint density at radius 2 is 2.04 bits per heavy atom. The van der Waals surface area contributed by atoms with Gasteiger partial charge < -0.3 is 19.7 Å². The molecular weight excluding hydrogens is 308 g/mol. The Balaban J connectivity index is 1.67. The monoisotopic (exact) mass is 328 g/mol. The molecule has 0 bridgehead atoms. The molecule has 0 saturated carbocycles. The number of nitrogens with zero attached hydrogens (tertiary/aromatic N) is 1. The molecule has 2 N–H and O–H groups in total. The van der Waals surface area contributed by atoms with Gasteiger partial charge in [0, 0.05) is 25.4 Å². The fourth-order valence-electron chi connectivity index (χ4n) is 3.11. The topological polar surface area (TPSA) is 82.6 Å². The normalized spacial score (nSPS) is 15.3. The molecule has 3 rings (SSSR count). The number of likely N-dealkylation sites (tertiary alicyclic amines) is 1. The van der Waals surface area contributed by atoms with Crippen LogP contribution in [0.25, 0.3) is 0 Å². The summed E-state index contributed by atoms with van der Waals surface area (Å²) in [7, 11) is 1.41. The van der Waals surface area contributed by atoms with Gasteiger partial charge in [0.25, 0.3) is 5.91 Å². The van der Waals surface area contributed by atoms with Crippen LogP contribution in [0, 0.1) is 0 Å². The molecule has 2 heterocycles. The maximum absolute atomic E-state index is 12.5. The van der Waals surface area contributed by atoms with E-state index in [4.69, 9.17) is 4.74 Å². The second kappa shape index (κ2) is 6.78. The van der Waals surface area contributed by atoms with Crippen molar-refractivity contribution in [1.29, 1.82) is 0 Å². The average molecular weight is 328 g/mol. The minimum atomic E-state index is -0.311. The van der Waals surface area contributed by atoms with Crippen LogP contribution in [0.15, 0.2) is 41.3 Å². The molecule has 24 heavy (non-hydrogen) atoms. The molecule has 0 aliphatic carbocycles. The van der Waals surface area contributed by atoms with Gasteiger partial charge in [0.1, 0.15) is 11.4 Å². The molecule has 2 aromatic rings. The number of hydrogen-bond donors (Lipinski definition) is 2. The number of nitrogens with one attached hydrogen (secondary N) is 1. The number of methoxy groups -OCH3 is 1. The molecule has 1 fully saturated rings. The summed E-state index contributed by atoms with van der Waals surface area (Å²) in [6.45, 7) is 1.24. The van der Waals surface area contributed by atoms with Gasteiger partial charge in [0.2, 0.25) is 5.43 Å². The first-order valence-corrected chi connectivity index (χ1v) is 7.93. The van der Waals surface area contributed by atoms with Crippen molar-refractivity contribution in [2.75, 3.05) is 20.2 Å². The Bertz CT molecular complexity index is 792. The van der Waals surface area contributed by atoms with Crippen molar-refractivity contribution in [2.24, 2.45) is 0 Å². The van der Waals surface area contributed by atoms with Crippen molar-refractivity contribution >= 4 is 5.91 Å². The van der Waals surface area contributed by atoms with Crippen LogP contribution in [0.5, 0.6) is 11.5 Å². The number of aromatic nitrogens is 1. The van der Waals surface area contributed by atoms with Crippen LogP contribution >= 0.6 is 0 Å². The van der Waals surface area contributed by atoms with Gasteiger partial charge in [-0.25, -0.2) is 0 Å². The number of phenolic OH excluding ortho intramolecular Hbond substituents is 1. The highest BCUT2D eigenvalue weighted by molar-refractivity contribution is 5.92. The van der Waals surface area contributed by atoms with E-state index < -0.39 is 0 Å². The molecule has 0 radical (unpaired) electrons. The first-order valence-electron chi connectivity index (χ1n) is 7.93. The van der Waals surface area contributed by atoms with Crippen molar-refractivity contribution in [1.82, 2.24) is 9.88 Å². The van der Waals surface area contributed by atoms with E-state index in [1.54, 1.807) is 17.0 Å². The van der Waals surface area contributed by atoms with Crippen LogP contribution in [0.2, 0.25) is 0 Å². The summed E-state index contributed by atoms with van der Waals surface area (Å²) in [5, 5.41) is 9.59. The number of carbonyl (C=O) groups excluding carboxylic acids is 1. The number of H-pyrrole nitrogens is 1. The molecule has 1 saturated heterocycles. The van der Waals surface area contributed by atoms with Crippen LogP contribution in [-0.4, -0.2) is 41.1 Å². The Hall–Kier alpha value is -2.76. The lowest BCUT2D eigenvalue weighted by atomic mass is 9.89. The Kier molecular flexibility index (Phi) is 4.55. The number of ether oxygens (including phenoxy) is 1. The first kappa shape index (κ1) is 16.1. The third-order valence-corrected chi connectivity index (χ3v) is 4.45. The van der Waals surface area contributed by atoms with E-state index in [9.17, 15) is 14.7 Å². The zero-order valence-corrected chi connectivity index (χ0v) is 13.5. The number of benzene rings is 1. The van der Waals surface area contributed by atoms with Gasteiger partial charge in [0.15, 0.2) is 5.75 Å². The fraction of sp³-hybridized carbons (Fsp3) is 0.333. The van der Waals surface area contributed by atoms with Crippen LogP contribution in [-0.2, 0) is 0 Å². The van der Waals surface area contributed by atoms with E-state index in [0.717, 1.165) is 18.4 Å². The van der Waals surface area contributed by atoms with E-state index >= 15 is 0 Å². The van der Waals surface area contributed by atoms with Crippen molar-refractivity contribution < 1.29 is 14.6 Å². The molecule has 1 aliphatic heterocycles. The molecular formula is C18H20N2O4. The van der Waals surface area contributed by atoms with Crippen LogP contribution in [0.4, 0.5) is 0 Å². The molecule has 6 nitrogen and oxygen atoms in total. The summed E-state index contributed by atoms with van der Waals surface area (Å²) < 4.78 is 4.91. The lowest BCUT2D eigenvalue weighted by molar-refractivity contribution is 0.0706. The summed E-state index contributed by atoms with van der Waals surface area (Å²) in [5.41, 5.74) is 1.06. The quantitative estimate of drug-likeness (QED) is 0.904. The number of carbonyl (C=O) groups is 1. The number of aromatic amines is 1. The standard InChI is InChI=1S/C18H20N2O4/c1-24-17-11-19-15(10-16(17)22)18(23)20-7-5-12(6-8-20)13-3-2-4-14(21)9-13/h2-4,9-12,21H,5-8H2,1H3,(H,19,22). The molecule has 1 aromatic heterocycles. The molecule has 0 unspecified atom stereocenters.